The molecule has 1 aliphatic rings. The molecule has 0 unspecified atom stereocenters. The summed E-state index contributed by atoms with van der Waals surface area (Å²) in [6.45, 7) is 2.35. The lowest BCUT2D eigenvalue weighted by Gasteiger charge is -2.29. The molecule has 1 heterocycles. The van der Waals surface area contributed by atoms with Crippen LogP contribution in [0.1, 0.15) is 24.8 Å². The number of nitrogens with zero attached hydrogens (tertiary/aromatic N) is 1. The van der Waals surface area contributed by atoms with Crippen LogP contribution in [0.4, 0.5) is 10.1 Å². The summed E-state index contributed by atoms with van der Waals surface area (Å²) in [5, 5.41) is 0. The fourth-order valence-corrected chi connectivity index (χ4v) is 2.71. The molecule has 2 aromatic carbocycles. The minimum Gasteiger partial charge on any atom is -0.489 e. The molecule has 0 bridgehead atoms. The standard InChI is InChI=1S/C18H20FNO/c19-17-13-16(21-14-15-7-3-1-4-8-15)9-10-18(17)20-11-5-2-6-12-20/h1,3-4,7-10,13H,2,5-6,11-12,14H2. The third-order valence-electron chi connectivity index (χ3n) is 3.86. The van der Waals surface area contributed by atoms with Gasteiger partial charge in [0.15, 0.2) is 0 Å². The molecule has 3 heteroatoms. The maximum absolute atomic E-state index is 14.2. The Labute approximate surface area is 125 Å². The molecule has 1 fully saturated rings. The highest BCUT2D eigenvalue weighted by molar-refractivity contribution is 5.50. The van der Waals surface area contributed by atoms with Crippen molar-refractivity contribution >= 4 is 5.69 Å². The Morgan fingerprint density at radius 2 is 1.71 bits per heavy atom. The third kappa shape index (κ3) is 3.54. The van der Waals surface area contributed by atoms with Gasteiger partial charge in [0.1, 0.15) is 18.2 Å². The first-order chi connectivity index (χ1) is 10.3. The Bertz CT molecular complexity index is 579. The van der Waals surface area contributed by atoms with E-state index in [9.17, 15) is 4.39 Å². The molecule has 0 spiro atoms. The predicted molar refractivity (Wildman–Crippen MR) is 83.2 cm³/mol. The molecule has 0 atom stereocenters. The van der Waals surface area contributed by atoms with Crippen LogP contribution < -0.4 is 9.64 Å². The molecule has 0 aliphatic carbocycles. The van der Waals surface area contributed by atoms with Gasteiger partial charge in [0.2, 0.25) is 0 Å². The zero-order chi connectivity index (χ0) is 14.5. The van der Waals surface area contributed by atoms with Crippen LogP contribution in [0.2, 0.25) is 0 Å². The minimum absolute atomic E-state index is 0.192. The van der Waals surface area contributed by atoms with Crippen molar-refractivity contribution in [1.29, 1.82) is 0 Å². The number of rotatable bonds is 4. The fraction of sp³-hybridized carbons (Fsp3) is 0.333. The summed E-state index contributed by atoms with van der Waals surface area (Å²) >= 11 is 0. The molecule has 0 saturated carbocycles. The largest absolute Gasteiger partial charge is 0.489 e. The molecule has 2 nitrogen and oxygen atoms in total. The molecule has 21 heavy (non-hydrogen) atoms. The molecule has 0 aromatic heterocycles. The average molecular weight is 285 g/mol. The van der Waals surface area contributed by atoms with Gasteiger partial charge >= 0.3 is 0 Å². The van der Waals surface area contributed by atoms with E-state index in [1.54, 1.807) is 0 Å². The lowest BCUT2D eigenvalue weighted by Crippen LogP contribution is -2.30. The molecular weight excluding hydrogens is 265 g/mol. The van der Waals surface area contributed by atoms with Gasteiger partial charge in [0.05, 0.1) is 5.69 Å². The molecule has 110 valence electrons. The van der Waals surface area contributed by atoms with Gasteiger partial charge in [-0.2, -0.15) is 0 Å². The van der Waals surface area contributed by atoms with E-state index in [1.165, 1.54) is 12.5 Å². The minimum atomic E-state index is -0.192. The number of hydrogen-bond donors (Lipinski definition) is 0. The van der Waals surface area contributed by atoms with Crippen LogP contribution in [-0.2, 0) is 6.61 Å². The van der Waals surface area contributed by atoms with Crippen molar-refractivity contribution < 1.29 is 9.13 Å². The van der Waals surface area contributed by atoms with E-state index in [2.05, 4.69) is 4.90 Å². The van der Waals surface area contributed by atoms with Crippen molar-refractivity contribution in [3.05, 3.63) is 59.9 Å². The Morgan fingerprint density at radius 3 is 2.43 bits per heavy atom. The van der Waals surface area contributed by atoms with Crippen LogP contribution in [0.3, 0.4) is 0 Å². The molecule has 1 aliphatic heterocycles. The molecule has 0 N–H and O–H groups in total. The maximum Gasteiger partial charge on any atom is 0.150 e. The second-order valence-electron chi connectivity index (χ2n) is 5.44. The van der Waals surface area contributed by atoms with Gasteiger partial charge in [-0.05, 0) is 37.0 Å². The zero-order valence-electron chi connectivity index (χ0n) is 12.1. The second-order valence-corrected chi connectivity index (χ2v) is 5.44. The average Bonchev–Trinajstić information content (AvgIpc) is 2.55. The molecule has 1 saturated heterocycles. The van der Waals surface area contributed by atoms with E-state index in [4.69, 9.17) is 4.74 Å². The predicted octanol–water partition coefficient (Wildman–Crippen LogP) is 4.40. The van der Waals surface area contributed by atoms with Crippen molar-refractivity contribution in [1.82, 2.24) is 0 Å². The highest BCUT2D eigenvalue weighted by Crippen LogP contribution is 2.27. The third-order valence-corrected chi connectivity index (χ3v) is 3.86. The van der Waals surface area contributed by atoms with E-state index in [1.807, 2.05) is 42.5 Å². The van der Waals surface area contributed by atoms with E-state index >= 15 is 0 Å². The molecule has 0 radical (unpaired) electrons. The first kappa shape index (κ1) is 13.9. The second kappa shape index (κ2) is 6.61. The summed E-state index contributed by atoms with van der Waals surface area (Å²) in [6.07, 6.45) is 3.54. The lowest BCUT2D eigenvalue weighted by molar-refractivity contribution is 0.304. The van der Waals surface area contributed by atoms with Crippen molar-refractivity contribution in [2.75, 3.05) is 18.0 Å². The maximum atomic E-state index is 14.2. The number of ether oxygens (including phenoxy) is 1. The van der Waals surface area contributed by atoms with Gasteiger partial charge in [0, 0.05) is 19.2 Å². The van der Waals surface area contributed by atoms with Crippen LogP contribution in [0.15, 0.2) is 48.5 Å². The number of hydrogen-bond acceptors (Lipinski definition) is 2. The molecule has 2 aromatic rings. The summed E-state index contributed by atoms with van der Waals surface area (Å²) in [5.74, 6) is 0.388. The van der Waals surface area contributed by atoms with E-state index in [-0.39, 0.29) is 5.82 Å². The van der Waals surface area contributed by atoms with Crippen molar-refractivity contribution in [2.45, 2.75) is 25.9 Å². The van der Waals surface area contributed by atoms with Crippen molar-refractivity contribution in [3.63, 3.8) is 0 Å². The normalized spacial score (nSPS) is 15.0. The topological polar surface area (TPSA) is 12.5 Å². The van der Waals surface area contributed by atoms with Crippen molar-refractivity contribution in [2.24, 2.45) is 0 Å². The van der Waals surface area contributed by atoms with Crippen LogP contribution in [0.5, 0.6) is 5.75 Å². The summed E-state index contributed by atoms with van der Waals surface area (Å²) in [5.41, 5.74) is 1.78. The zero-order valence-corrected chi connectivity index (χ0v) is 12.1. The van der Waals surface area contributed by atoms with Gasteiger partial charge in [-0.3, -0.25) is 0 Å². The Balaban J connectivity index is 1.66. The Hall–Kier alpha value is -2.03. The number of halogens is 1. The van der Waals surface area contributed by atoms with Gasteiger partial charge in [-0.25, -0.2) is 4.39 Å². The Kier molecular flexibility index (Phi) is 4.39. The van der Waals surface area contributed by atoms with Gasteiger partial charge in [0.25, 0.3) is 0 Å². The molecule has 3 rings (SSSR count). The molecular formula is C18H20FNO. The van der Waals surface area contributed by atoms with Crippen LogP contribution in [0.25, 0.3) is 0 Å². The van der Waals surface area contributed by atoms with E-state index in [0.29, 0.717) is 18.0 Å². The van der Waals surface area contributed by atoms with Gasteiger partial charge < -0.3 is 9.64 Å². The highest BCUT2D eigenvalue weighted by atomic mass is 19.1. The lowest BCUT2D eigenvalue weighted by atomic mass is 10.1. The smallest absolute Gasteiger partial charge is 0.150 e. The van der Waals surface area contributed by atoms with Crippen LogP contribution in [-0.4, -0.2) is 13.1 Å². The van der Waals surface area contributed by atoms with Gasteiger partial charge in [-0.1, -0.05) is 30.3 Å². The number of piperidine rings is 1. The summed E-state index contributed by atoms with van der Waals surface area (Å²) in [6, 6.07) is 15.1. The van der Waals surface area contributed by atoms with Crippen LogP contribution >= 0.6 is 0 Å². The summed E-state index contributed by atoms with van der Waals surface area (Å²) in [4.78, 5) is 2.12. The summed E-state index contributed by atoms with van der Waals surface area (Å²) < 4.78 is 19.9. The first-order valence-electron chi connectivity index (χ1n) is 7.54. The fourth-order valence-electron chi connectivity index (χ4n) is 2.71. The first-order valence-corrected chi connectivity index (χ1v) is 7.54. The number of benzene rings is 2. The quantitative estimate of drug-likeness (QED) is 0.825. The Morgan fingerprint density at radius 1 is 0.952 bits per heavy atom. The molecule has 0 amide bonds. The van der Waals surface area contributed by atoms with Crippen LogP contribution in [0, 0.1) is 5.82 Å². The van der Waals surface area contributed by atoms with Crippen molar-refractivity contribution in [3.8, 4) is 5.75 Å². The monoisotopic (exact) mass is 285 g/mol. The SMILES string of the molecule is Fc1cc(OCc2ccccc2)ccc1N1CCCCC1. The number of anilines is 1. The van der Waals surface area contributed by atoms with E-state index in [0.717, 1.165) is 31.5 Å². The highest BCUT2D eigenvalue weighted by Gasteiger charge is 2.15. The summed E-state index contributed by atoms with van der Waals surface area (Å²) in [7, 11) is 0. The van der Waals surface area contributed by atoms with E-state index < -0.39 is 0 Å². The van der Waals surface area contributed by atoms with Gasteiger partial charge in [-0.15, -0.1) is 0 Å².